The van der Waals surface area contributed by atoms with E-state index in [1.54, 1.807) is 0 Å². The van der Waals surface area contributed by atoms with Crippen molar-refractivity contribution in [3.8, 4) is 0 Å². The molecule has 0 aliphatic rings. The van der Waals surface area contributed by atoms with Crippen molar-refractivity contribution in [2.24, 2.45) is 0 Å². The molecule has 0 aliphatic carbocycles. The second-order valence-corrected chi connectivity index (χ2v) is 3.15. The number of hydrogen-bond donors (Lipinski definition) is 0. The van der Waals surface area contributed by atoms with Gasteiger partial charge in [0.05, 0.1) is 0 Å². The van der Waals surface area contributed by atoms with E-state index in [4.69, 9.17) is 0 Å². The van der Waals surface area contributed by atoms with Crippen molar-refractivity contribution in [3.63, 3.8) is 0 Å². The predicted octanol–water partition coefficient (Wildman–Crippen LogP) is 3.12. The van der Waals surface area contributed by atoms with Gasteiger partial charge in [-0.2, -0.15) is 0 Å². The van der Waals surface area contributed by atoms with Gasteiger partial charge in [0.25, 0.3) is 0 Å². The van der Waals surface area contributed by atoms with Gasteiger partial charge in [0.1, 0.15) is 0 Å². The third kappa shape index (κ3) is 3.16. The molecule has 1 heteroatoms. The molecule has 0 nitrogen and oxygen atoms in total. The van der Waals surface area contributed by atoms with Crippen LogP contribution in [-0.4, -0.2) is 23.1 Å². The van der Waals surface area contributed by atoms with Gasteiger partial charge in [-0.05, 0) is 17.5 Å². The molecule has 0 aliphatic heterocycles. The first-order valence-electron chi connectivity index (χ1n) is 4.53. The molecule has 0 radical (unpaired) electrons. The third-order valence-corrected chi connectivity index (χ3v) is 2.09. The summed E-state index contributed by atoms with van der Waals surface area (Å²) in [5, 5.41) is 0. The van der Waals surface area contributed by atoms with Gasteiger partial charge in [0.2, 0.25) is 0 Å². The molecule has 2 aromatic rings. The van der Waals surface area contributed by atoms with Crippen molar-refractivity contribution in [1.29, 1.82) is 0 Å². The van der Waals surface area contributed by atoms with Gasteiger partial charge in [0, 0.05) is 0 Å². The summed E-state index contributed by atoms with van der Waals surface area (Å²) in [7, 11) is 0. The summed E-state index contributed by atoms with van der Waals surface area (Å²) < 4.78 is 0. The van der Waals surface area contributed by atoms with Crippen molar-refractivity contribution in [3.05, 3.63) is 71.8 Å². The SMILES string of the molecule is [H-].[H-].[Mg+2].c1ccc(Cc2ccccc2)cc1. The van der Waals surface area contributed by atoms with Gasteiger partial charge in [-0.15, -0.1) is 0 Å². The maximum atomic E-state index is 2.16. The van der Waals surface area contributed by atoms with E-state index in [0.717, 1.165) is 6.42 Å². The molecular weight excluding hydrogens is 180 g/mol. The van der Waals surface area contributed by atoms with Gasteiger partial charge < -0.3 is 2.85 Å². The molecule has 68 valence electrons. The minimum atomic E-state index is 0. The molecule has 14 heavy (non-hydrogen) atoms. The van der Waals surface area contributed by atoms with Crippen molar-refractivity contribution in [2.75, 3.05) is 0 Å². The topological polar surface area (TPSA) is 0 Å². The van der Waals surface area contributed by atoms with Crippen molar-refractivity contribution in [2.45, 2.75) is 6.42 Å². The van der Waals surface area contributed by atoms with E-state index in [2.05, 4.69) is 60.7 Å². The zero-order valence-corrected chi connectivity index (χ0v) is 9.60. The van der Waals surface area contributed by atoms with E-state index < -0.39 is 0 Å². The quantitative estimate of drug-likeness (QED) is 0.645. The standard InChI is InChI=1S/C13H12.Mg.2H/c1-3-7-12(8-4-1)11-13-9-5-2-6-10-13;;;/h1-10H,11H2;;;/q;+2;2*-1. The molecule has 0 fully saturated rings. The summed E-state index contributed by atoms with van der Waals surface area (Å²) in [5.41, 5.74) is 2.74. The van der Waals surface area contributed by atoms with Crippen LogP contribution >= 0.6 is 0 Å². The molecule has 2 aromatic carbocycles. The van der Waals surface area contributed by atoms with Gasteiger partial charge in [-0.25, -0.2) is 0 Å². The van der Waals surface area contributed by atoms with Crippen LogP contribution in [0.5, 0.6) is 0 Å². The summed E-state index contributed by atoms with van der Waals surface area (Å²) in [6.45, 7) is 0. The predicted molar refractivity (Wildman–Crippen MR) is 63.7 cm³/mol. The molecule has 0 unspecified atom stereocenters. The molecule has 0 heterocycles. The summed E-state index contributed by atoms with van der Waals surface area (Å²) in [6, 6.07) is 21.1. The Bertz CT molecular complexity index is 325. The second-order valence-electron chi connectivity index (χ2n) is 3.15. The number of hydrogen-bond acceptors (Lipinski definition) is 0. The normalized spacial score (nSPS) is 9.14. The van der Waals surface area contributed by atoms with Crippen LogP contribution in [0.25, 0.3) is 0 Å². The average Bonchev–Trinajstić information content (AvgIpc) is 2.21. The van der Waals surface area contributed by atoms with E-state index in [1.807, 2.05) is 0 Å². The molecule has 0 N–H and O–H groups in total. The Labute approximate surface area is 104 Å². The van der Waals surface area contributed by atoms with Gasteiger partial charge in [0.15, 0.2) is 0 Å². The van der Waals surface area contributed by atoms with E-state index in [1.165, 1.54) is 11.1 Å². The molecule has 0 saturated carbocycles. The Morgan fingerprint density at radius 1 is 0.643 bits per heavy atom. The van der Waals surface area contributed by atoms with E-state index in [9.17, 15) is 0 Å². The largest absolute Gasteiger partial charge is 2.00 e. The van der Waals surface area contributed by atoms with Crippen LogP contribution < -0.4 is 0 Å². The van der Waals surface area contributed by atoms with Crippen molar-refractivity contribution >= 4 is 23.1 Å². The molecule has 0 bridgehead atoms. The Morgan fingerprint density at radius 2 is 1.00 bits per heavy atom. The summed E-state index contributed by atoms with van der Waals surface area (Å²) in [5.74, 6) is 0. The molecule has 0 amide bonds. The van der Waals surface area contributed by atoms with E-state index >= 15 is 0 Å². The fourth-order valence-electron chi connectivity index (χ4n) is 1.43. The first-order valence-corrected chi connectivity index (χ1v) is 4.53. The third-order valence-electron chi connectivity index (χ3n) is 2.09. The Balaban J connectivity index is 0. The zero-order chi connectivity index (χ0) is 8.93. The average molecular weight is 195 g/mol. The van der Waals surface area contributed by atoms with Crippen LogP contribution in [0.15, 0.2) is 60.7 Å². The van der Waals surface area contributed by atoms with Crippen molar-refractivity contribution < 1.29 is 2.85 Å². The molecule has 2 rings (SSSR count). The van der Waals surface area contributed by atoms with Gasteiger partial charge in [-0.1, -0.05) is 60.7 Å². The summed E-state index contributed by atoms with van der Waals surface area (Å²) >= 11 is 0. The fourth-order valence-corrected chi connectivity index (χ4v) is 1.43. The van der Waals surface area contributed by atoms with E-state index in [-0.39, 0.29) is 25.9 Å². The summed E-state index contributed by atoms with van der Waals surface area (Å²) in [6.07, 6.45) is 1.03. The minimum Gasteiger partial charge on any atom is -1.00 e. The minimum absolute atomic E-state index is 0. The maximum Gasteiger partial charge on any atom is 2.00 e. The molecule has 0 saturated heterocycles. The number of benzene rings is 2. The zero-order valence-electron chi connectivity index (χ0n) is 10.2. The van der Waals surface area contributed by atoms with Crippen LogP contribution in [0.2, 0.25) is 0 Å². The Morgan fingerprint density at radius 3 is 1.36 bits per heavy atom. The first-order chi connectivity index (χ1) is 6.45. The van der Waals surface area contributed by atoms with Crippen LogP contribution in [0.4, 0.5) is 0 Å². The van der Waals surface area contributed by atoms with Gasteiger partial charge >= 0.3 is 23.1 Å². The maximum absolute atomic E-state index is 2.16. The molecular formula is C13H14Mg. The second kappa shape index (κ2) is 5.84. The smallest absolute Gasteiger partial charge is 1.00 e. The monoisotopic (exact) mass is 194 g/mol. The van der Waals surface area contributed by atoms with Crippen LogP contribution in [0.3, 0.4) is 0 Å². The van der Waals surface area contributed by atoms with Crippen LogP contribution in [-0.2, 0) is 6.42 Å². The molecule has 0 atom stereocenters. The first kappa shape index (κ1) is 11.3. The Kier molecular flexibility index (Phi) is 4.70. The van der Waals surface area contributed by atoms with Crippen LogP contribution in [0.1, 0.15) is 14.0 Å². The number of rotatable bonds is 2. The molecule has 0 aromatic heterocycles. The fraction of sp³-hybridized carbons (Fsp3) is 0.0769. The van der Waals surface area contributed by atoms with E-state index in [0.29, 0.717) is 0 Å². The Hall–Kier alpha value is -0.794. The van der Waals surface area contributed by atoms with Crippen LogP contribution in [0, 0.1) is 0 Å². The summed E-state index contributed by atoms with van der Waals surface area (Å²) in [4.78, 5) is 0. The van der Waals surface area contributed by atoms with Gasteiger partial charge in [-0.3, -0.25) is 0 Å². The van der Waals surface area contributed by atoms with Crippen molar-refractivity contribution in [1.82, 2.24) is 0 Å². The molecule has 0 spiro atoms.